The Labute approximate surface area is 83.2 Å². The van der Waals surface area contributed by atoms with Gasteiger partial charge in [-0.1, -0.05) is 20.1 Å². The van der Waals surface area contributed by atoms with Crippen LogP contribution in [0.5, 0.6) is 0 Å². The predicted molar refractivity (Wildman–Crippen MR) is 51.5 cm³/mol. The third kappa shape index (κ3) is 5.13. The van der Waals surface area contributed by atoms with E-state index in [1.54, 1.807) is 0 Å². The van der Waals surface area contributed by atoms with E-state index in [1.165, 1.54) is 0 Å². The molecule has 0 N–H and O–H groups in total. The van der Waals surface area contributed by atoms with Crippen LogP contribution in [0.3, 0.4) is 0 Å². The lowest BCUT2D eigenvalue weighted by Gasteiger charge is -2.14. The van der Waals surface area contributed by atoms with E-state index in [1.807, 2.05) is 6.92 Å². The second kappa shape index (κ2) is 6.88. The van der Waals surface area contributed by atoms with Crippen molar-refractivity contribution in [3.8, 4) is 0 Å². The van der Waals surface area contributed by atoms with Gasteiger partial charge in [-0.15, -0.1) is 0 Å². The van der Waals surface area contributed by atoms with E-state index in [4.69, 9.17) is 9.47 Å². The summed E-state index contributed by atoms with van der Waals surface area (Å²) >= 11 is 0. The molecule has 0 amide bonds. The lowest BCUT2D eigenvalue weighted by Crippen LogP contribution is -2.23. The highest BCUT2D eigenvalue weighted by molar-refractivity contribution is 5.82. The molecule has 0 radical (unpaired) electrons. The fraction of sp³-hybridized carbons (Fsp3) is 0.400. The lowest BCUT2D eigenvalue weighted by atomic mass is 10.3. The number of ether oxygens (including phenoxy) is 2. The zero-order chi connectivity index (χ0) is 11.0. The van der Waals surface area contributed by atoms with E-state index >= 15 is 0 Å². The molecule has 14 heavy (non-hydrogen) atoms. The summed E-state index contributed by atoms with van der Waals surface area (Å²) in [6.07, 6.45) is 2.27. The van der Waals surface area contributed by atoms with Crippen LogP contribution in [0.4, 0.5) is 0 Å². The Balaban J connectivity index is 3.90. The zero-order valence-electron chi connectivity index (χ0n) is 8.19. The summed E-state index contributed by atoms with van der Waals surface area (Å²) in [5.41, 5.74) is 0. The van der Waals surface area contributed by atoms with Crippen molar-refractivity contribution in [1.29, 1.82) is 0 Å². The summed E-state index contributed by atoms with van der Waals surface area (Å²) in [6.45, 7) is 8.37. The van der Waals surface area contributed by atoms with Gasteiger partial charge in [-0.2, -0.15) is 0 Å². The van der Waals surface area contributed by atoms with Crippen molar-refractivity contribution in [1.82, 2.24) is 0 Å². The predicted octanol–water partition coefficient (Wildman–Crippen LogP) is 1.22. The fourth-order valence-electron chi connectivity index (χ4n) is 0.682. The van der Waals surface area contributed by atoms with Gasteiger partial charge in [-0.05, 0) is 6.42 Å². The molecule has 0 aromatic rings. The number of esters is 2. The second-order valence-electron chi connectivity index (χ2n) is 2.51. The van der Waals surface area contributed by atoms with Crippen LogP contribution in [0.25, 0.3) is 0 Å². The van der Waals surface area contributed by atoms with Gasteiger partial charge in [-0.3, -0.25) is 0 Å². The molecule has 4 nitrogen and oxygen atoms in total. The van der Waals surface area contributed by atoms with Crippen LogP contribution < -0.4 is 0 Å². The van der Waals surface area contributed by atoms with E-state index < -0.39 is 18.0 Å². The van der Waals surface area contributed by atoms with Crippen molar-refractivity contribution < 1.29 is 19.1 Å². The first-order valence-electron chi connectivity index (χ1n) is 4.26. The van der Waals surface area contributed by atoms with Crippen molar-refractivity contribution in [2.75, 3.05) is 6.61 Å². The van der Waals surface area contributed by atoms with Gasteiger partial charge >= 0.3 is 11.9 Å². The molecule has 0 heterocycles. The Kier molecular flexibility index (Phi) is 6.11. The normalized spacial score (nSPS) is 11.2. The highest BCUT2D eigenvalue weighted by Crippen LogP contribution is 2.00. The Bertz CT molecular complexity index is 232. The molecule has 0 saturated carbocycles. The van der Waals surface area contributed by atoms with Crippen LogP contribution in [-0.2, 0) is 19.1 Å². The SMILES string of the molecule is C=CC(=O)OCC(CC)OC(=O)C=C. The summed E-state index contributed by atoms with van der Waals surface area (Å²) < 4.78 is 9.60. The molecule has 0 rings (SSSR count). The molecule has 1 unspecified atom stereocenters. The second-order valence-corrected chi connectivity index (χ2v) is 2.51. The largest absolute Gasteiger partial charge is 0.459 e. The molecule has 78 valence electrons. The molecule has 0 aliphatic heterocycles. The highest BCUT2D eigenvalue weighted by Gasteiger charge is 2.11. The van der Waals surface area contributed by atoms with Crippen molar-refractivity contribution >= 4 is 11.9 Å². The Morgan fingerprint density at radius 2 is 1.86 bits per heavy atom. The summed E-state index contributed by atoms with van der Waals surface area (Å²) in [5, 5.41) is 0. The van der Waals surface area contributed by atoms with Crippen LogP contribution in [0.1, 0.15) is 13.3 Å². The molecule has 1 atom stereocenters. The van der Waals surface area contributed by atoms with Gasteiger partial charge in [0.1, 0.15) is 12.7 Å². The molecule has 0 bridgehead atoms. The van der Waals surface area contributed by atoms with E-state index in [2.05, 4.69) is 13.2 Å². The number of hydrogen-bond acceptors (Lipinski definition) is 4. The van der Waals surface area contributed by atoms with E-state index in [0.717, 1.165) is 12.2 Å². The summed E-state index contributed by atoms with van der Waals surface area (Å²) in [5.74, 6) is -1.05. The van der Waals surface area contributed by atoms with Crippen molar-refractivity contribution in [3.05, 3.63) is 25.3 Å². The lowest BCUT2D eigenvalue weighted by molar-refractivity contribution is -0.152. The molecule has 4 heteroatoms. The fourth-order valence-corrected chi connectivity index (χ4v) is 0.682. The highest BCUT2D eigenvalue weighted by atomic mass is 16.6. The molecule has 0 aromatic carbocycles. The van der Waals surface area contributed by atoms with Crippen LogP contribution >= 0.6 is 0 Å². The first kappa shape index (κ1) is 12.4. The minimum absolute atomic E-state index is 0.0426. The third-order valence-corrected chi connectivity index (χ3v) is 1.48. The van der Waals surface area contributed by atoms with Gasteiger partial charge in [0.05, 0.1) is 0 Å². The molecular weight excluding hydrogens is 184 g/mol. The van der Waals surface area contributed by atoms with E-state index in [0.29, 0.717) is 6.42 Å². The number of rotatable bonds is 6. The molecule has 0 aromatic heterocycles. The van der Waals surface area contributed by atoms with Crippen molar-refractivity contribution in [2.24, 2.45) is 0 Å². The van der Waals surface area contributed by atoms with Gasteiger partial charge in [0.25, 0.3) is 0 Å². The maximum absolute atomic E-state index is 10.8. The van der Waals surface area contributed by atoms with Gasteiger partial charge in [0, 0.05) is 12.2 Å². The Hall–Kier alpha value is -1.58. The molecule has 0 saturated heterocycles. The quantitative estimate of drug-likeness (QED) is 0.475. The first-order valence-corrected chi connectivity index (χ1v) is 4.26. The Morgan fingerprint density at radius 3 is 2.29 bits per heavy atom. The van der Waals surface area contributed by atoms with Crippen LogP contribution in [-0.4, -0.2) is 24.6 Å². The van der Waals surface area contributed by atoms with E-state index in [9.17, 15) is 9.59 Å². The standard InChI is InChI=1S/C10H14O4/c1-4-8(14-10(12)6-3)7-13-9(11)5-2/h5-6,8H,2-4,7H2,1H3. The minimum atomic E-state index is -0.530. The van der Waals surface area contributed by atoms with Crippen LogP contribution in [0, 0.1) is 0 Å². The average molecular weight is 198 g/mol. The smallest absolute Gasteiger partial charge is 0.330 e. The van der Waals surface area contributed by atoms with Crippen molar-refractivity contribution in [2.45, 2.75) is 19.4 Å². The average Bonchev–Trinajstić information content (AvgIpc) is 2.22. The first-order chi connectivity index (χ1) is 6.63. The maximum atomic E-state index is 10.8. The minimum Gasteiger partial charge on any atom is -0.459 e. The molecule has 0 aliphatic rings. The maximum Gasteiger partial charge on any atom is 0.330 e. The third-order valence-electron chi connectivity index (χ3n) is 1.48. The van der Waals surface area contributed by atoms with Gasteiger partial charge in [0.15, 0.2) is 0 Å². The van der Waals surface area contributed by atoms with Gasteiger partial charge < -0.3 is 9.47 Å². The summed E-state index contributed by atoms with van der Waals surface area (Å²) in [6, 6.07) is 0. The number of carbonyl (C=O) groups is 2. The number of hydrogen-bond donors (Lipinski definition) is 0. The number of carbonyl (C=O) groups excluding carboxylic acids is 2. The summed E-state index contributed by atoms with van der Waals surface area (Å²) in [4.78, 5) is 21.5. The van der Waals surface area contributed by atoms with Crippen LogP contribution in [0.15, 0.2) is 25.3 Å². The van der Waals surface area contributed by atoms with Gasteiger partial charge in [-0.25, -0.2) is 9.59 Å². The molecule has 0 fully saturated rings. The topological polar surface area (TPSA) is 52.6 Å². The monoisotopic (exact) mass is 198 g/mol. The summed E-state index contributed by atoms with van der Waals surface area (Å²) in [7, 11) is 0. The molecule has 0 aliphatic carbocycles. The zero-order valence-corrected chi connectivity index (χ0v) is 8.19. The Morgan fingerprint density at radius 1 is 1.29 bits per heavy atom. The van der Waals surface area contributed by atoms with E-state index in [-0.39, 0.29) is 6.61 Å². The molecular formula is C10H14O4. The van der Waals surface area contributed by atoms with Gasteiger partial charge in [0.2, 0.25) is 0 Å². The van der Waals surface area contributed by atoms with Crippen LogP contribution in [0.2, 0.25) is 0 Å². The van der Waals surface area contributed by atoms with Crippen molar-refractivity contribution in [3.63, 3.8) is 0 Å². The molecule has 0 spiro atoms.